The van der Waals surface area contributed by atoms with E-state index in [9.17, 15) is 14.7 Å². The normalized spacial score (nSPS) is 13.6. The number of hydrogen-bond donors (Lipinski definition) is 1. The van der Waals surface area contributed by atoms with Gasteiger partial charge in [-0.05, 0) is 34.6 Å². The molecule has 0 aromatic heterocycles. The highest BCUT2D eigenvalue weighted by molar-refractivity contribution is 5.81. The zero-order valence-electron chi connectivity index (χ0n) is 17.7. The van der Waals surface area contributed by atoms with Gasteiger partial charge >= 0.3 is 12.1 Å². The van der Waals surface area contributed by atoms with Crippen LogP contribution in [-0.4, -0.2) is 48.4 Å². The summed E-state index contributed by atoms with van der Waals surface area (Å²) in [5.41, 5.74) is 4.01. The molecular formula is C24H29NO5. The summed E-state index contributed by atoms with van der Waals surface area (Å²) >= 11 is 0. The molecule has 6 heteroatoms. The van der Waals surface area contributed by atoms with Gasteiger partial charge in [0.15, 0.2) is 0 Å². The number of carbonyl (C=O) groups excluding carboxylic acids is 1. The van der Waals surface area contributed by atoms with E-state index in [2.05, 4.69) is 13.8 Å². The summed E-state index contributed by atoms with van der Waals surface area (Å²) in [5.74, 6) is -0.505. The lowest BCUT2D eigenvalue weighted by atomic mass is 10.0. The van der Waals surface area contributed by atoms with Crippen LogP contribution in [0.4, 0.5) is 4.79 Å². The lowest BCUT2D eigenvalue weighted by molar-refractivity contribution is -0.139. The van der Waals surface area contributed by atoms with Crippen LogP contribution < -0.4 is 0 Å². The van der Waals surface area contributed by atoms with E-state index < -0.39 is 24.1 Å². The molecule has 6 nitrogen and oxygen atoms in total. The minimum Gasteiger partial charge on any atom is -0.481 e. The van der Waals surface area contributed by atoms with Gasteiger partial charge in [0.05, 0.1) is 32.2 Å². The van der Waals surface area contributed by atoms with Crippen molar-refractivity contribution in [3.8, 4) is 11.1 Å². The largest absolute Gasteiger partial charge is 0.481 e. The van der Waals surface area contributed by atoms with E-state index >= 15 is 0 Å². The maximum Gasteiger partial charge on any atom is 0.410 e. The molecule has 1 aliphatic rings. The van der Waals surface area contributed by atoms with Gasteiger partial charge in [-0.25, -0.2) is 4.79 Å². The number of carboxylic acid groups (broad SMARTS) is 1. The molecule has 1 N–H and O–H groups in total. The smallest absolute Gasteiger partial charge is 0.410 e. The van der Waals surface area contributed by atoms with E-state index in [0.29, 0.717) is 12.5 Å². The van der Waals surface area contributed by atoms with Crippen molar-refractivity contribution in [1.29, 1.82) is 0 Å². The first-order valence-corrected chi connectivity index (χ1v) is 10.3. The summed E-state index contributed by atoms with van der Waals surface area (Å²) in [6.07, 6.45) is 0.0790. The maximum absolute atomic E-state index is 12.9. The third kappa shape index (κ3) is 4.65. The second kappa shape index (κ2) is 9.76. The fraction of sp³-hybridized carbons (Fsp3) is 0.417. The van der Waals surface area contributed by atoms with Crippen LogP contribution in [0.15, 0.2) is 48.5 Å². The molecule has 1 amide bonds. The van der Waals surface area contributed by atoms with Crippen molar-refractivity contribution in [2.45, 2.75) is 38.8 Å². The van der Waals surface area contributed by atoms with Crippen molar-refractivity contribution in [3.63, 3.8) is 0 Å². The third-order valence-corrected chi connectivity index (χ3v) is 5.42. The van der Waals surface area contributed by atoms with Crippen LogP contribution >= 0.6 is 0 Å². The van der Waals surface area contributed by atoms with E-state index in [1.165, 1.54) is 12.0 Å². The van der Waals surface area contributed by atoms with E-state index in [-0.39, 0.29) is 13.0 Å². The van der Waals surface area contributed by atoms with Crippen molar-refractivity contribution >= 4 is 12.1 Å². The molecule has 2 aromatic carbocycles. The average Bonchev–Trinajstić information content (AvgIpc) is 3.05. The number of carboxylic acids is 1. The number of carbonyl (C=O) groups is 2. The molecule has 0 saturated heterocycles. The molecule has 0 unspecified atom stereocenters. The van der Waals surface area contributed by atoms with Gasteiger partial charge in [0.25, 0.3) is 0 Å². The Morgan fingerprint density at radius 2 is 1.60 bits per heavy atom. The predicted octanol–water partition coefficient (Wildman–Crippen LogP) is 4.73. The van der Waals surface area contributed by atoms with Gasteiger partial charge in [0.2, 0.25) is 0 Å². The van der Waals surface area contributed by atoms with Gasteiger partial charge < -0.3 is 14.6 Å². The lowest BCUT2D eigenvalue weighted by Gasteiger charge is -2.35. The number of rotatable bonds is 9. The molecule has 0 heterocycles. The van der Waals surface area contributed by atoms with E-state index in [0.717, 1.165) is 28.7 Å². The molecule has 3 rings (SSSR count). The molecule has 0 aliphatic heterocycles. The second-order valence-corrected chi connectivity index (χ2v) is 7.96. The lowest BCUT2D eigenvalue weighted by Crippen LogP contribution is -2.46. The molecule has 0 saturated carbocycles. The monoisotopic (exact) mass is 411 g/mol. The van der Waals surface area contributed by atoms with Gasteiger partial charge in [-0.15, -0.1) is 0 Å². The highest BCUT2D eigenvalue weighted by Crippen LogP contribution is 2.47. The van der Waals surface area contributed by atoms with Gasteiger partial charge in [-0.1, -0.05) is 62.4 Å². The Kier molecular flexibility index (Phi) is 7.11. The number of nitrogens with zero attached hydrogens (tertiary/aromatic N) is 1. The number of fused-ring (bicyclic) bond motifs is 3. The Morgan fingerprint density at radius 3 is 2.10 bits per heavy atom. The van der Waals surface area contributed by atoms with Crippen molar-refractivity contribution < 1.29 is 24.2 Å². The Bertz CT molecular complexity index is 849. The van der Waals surface area contributed by atoms with Crippen LogP contribution in [0.1, 0.15) is 43.9 Å². The molecule has 0 spiro atoms. The molecular weight excluding hydrogens is 382 g/mol. The first-order chi connectivity index (χ1) is 14.4. The van der Waals surface area contributed by atoms with E-state index in [1.807, 2.05) is 48.5 Å². The summed E-state index contributed by atoms with van der Waals surface area (Å²) in [4.78, 5) is 26.1. The number of methoxy groups -OCH3 is 1. The number of aliphatic carboxylic acids is 1. The molecule has 1 aliphatic carbocycles. The summed E-state index contributed by atoms with van der Waals surface area (Å²) in [7, 11) is 1.32. The van der Waals surface area contributed by atoms with E-state index in [4.69, 9.17) is 9.47 Å². The summed E-state index contributed by atoms with van der Waals surface area (Å²) in [5, 5.41) is 9.53. The van der Waals surface area contributed by atoms with Crippen LogP contribution in [0.2, 0.25) is 0 Å². The Hall–Kier alpha value is -2.86. The molecule has 1 atom stereocenters. The number of benzene rings is 2. The van der Waals surface area contributed by atoms with Crippen LogP contribution in [0, 0.1) is 5.92 Å². The van der Waals surface area contributed by atoms with Crippen LogP contribution in [0.5, 0.6) is 0 Å². The molecule has 0 radical (unpaired) electrons. The maximum atomic E-state index is 12.9. The van der Waals surface area contributed by atoms with Crippen LogP contribution in [-0.2, 0) is 14.3 Å². The fourth-order valence-corrected chi connectivity index (χ4v) is 3.98. The van der Waals surface area contributed by atoms with Gasteiger partial charge in [-0.2, -0.15) is 0 Å². The summed E-state index contributed by atoms with van der Waals surface area (Å²) in [6.45, 7) is 4.85. The van der Waals surface area contributed by atoms with Gasteiger partial charge in [0.1, 0.15) is 0 Å². The Labute approximate surface area is 177 Å². The first kappa shape index (κ1) is 21.8. The van der Waals surface area contributed by atoms with E-state index in [1.54, 1.807) is 0 Å². The highest BCUT2D eigenvalue weighted by atomic mass is 16.5. The number of hydrogen-bond acceptors (Lipinski definition) is 4. The standard InChI is InChI=1S/C24H29NO5/c1-16(2)12-13-30-15-17(14-22(26)27)25(24(28)29-3)23-20-10-6-4-8-18(20)19-9-5-7-11-21(19)23/h4-11,16-17,23H,12-15H2,1-3H3,(H,26,27)/t17-/m0/s1. The molecule has 0 bridgehead atoms. The minimum absolute atomic E-state index is 0.134. The predicted molar refractivity (Wildman–Crippen MR) is 114 cm³/mol. The Morgan fingerprint density at radius 1 is 1.03 bits per heavy atom. The summed E-state index contributed by atoms with van der Waals surface area (Å²) in [6, 6.07) is 14.7. The quantitative estimate of drug-likeness (QED) is 0.604. The molecule has 160 valence electrons. The zero-order valence-corrected chi connectivity index (χ0v) is 17.7. The highest BCUT2D eigenvalue weighted by Gasteiger charge is 2.40. The third-order valence-electron chi connectivity index (χ3n) is 5.42. The van der Waals surface area contributed by atoms with Crippen molar-refractivity contribution in [3.05, 3.63) is 59.7 Å². The van der Waals surface area contributed by atoms with Gasteiger partial charge in [-0.3, -0.25) is 9.69 Å². The Balaban J connectivity index is 1.99. The average molecular weight is 411 g/mol. The SMILES string of the molecule is COC(=O)N(C1c2ccccc2-c2ccccc21)[C@H](COCCC(C)C)CC(=O)O. The zero-order chi connectivity index (χ0) is 21.7. The van der Waals surface area contributed by atoms with Crippen molar-refractivity contribution in [2.75, 3.05) is 20.3 Å². The second-order valence-electron chi connectivity index (χ2n) is 7.96. The molecule has 2 aromatic rings. The molecule has 0 fully saturated rings. The van der Waals surface area contributed by atoms with Crippen LogP contribution in [0.25, 0.3) is 11.1 Å². The fourth-order valence-electron chi connectivity index (χ4n) is 3.98. The summed E-state index contributed by atoms with van der Waals surface area (Å²) < 4.78 is 10.9. The van der Waals surface area contributed by atoms with Gasteiger partial charge in [0, 0.05) is 6.61 Å². The number of amides is 1. The first-order valence-electron chi connectivity index (χ1n) is 10.3. The number of ether oxygens (including phenoxy) is 2. The minimum atomic E-state index is -0.985. The van der Waals surface area contributed by atoms with Crippen molar-refractivity contribution in [1.82, 2.24) is 4.90 Å². The van der Waals surface area contributed by atoms with Crippen LogP contribution in [0.3, 0.4) is 0 Å². The molecule has 30 heavy (non-hydrogen) atoms. The van der Waals surface area contributed by atoms with Crippen molar-refractivity contribution in [2.24, 2.45) is 5.92 Å². The topological polar surface area (TPSA) is 76.1 Å².